The SMILES string of the molecule is C=C(C)C(=O)OCCCC1CCC(C2CCC(CCC)CC2)CC1.CCCC1CCC(C2CCC(CCCO)CC2)CC1. The third-order valence-electron chi connectivity index (χ3n) is 12.4. The highest BCUT2D eigenvalue weighted by Crippen LogP contribution is 2.44. The van der Waals surface area contributed by atoms with Gasteiger partial charge in [0.1, 0.15) is 0 Å². The topological polar surface area (TPSA) is 46.5 Å². The van der Waals surface area contributed by atoms with Crippen molar-refractivity contribution in [1.82, 2.24) is 0 Å². The zero-order valence-electron chi connectivity index (χ0n) is 29.0. The summed E-state index contributed by atoms with van der Waals surface area (Å²) in [7, 11) is 0. The van der Waals surface area contributed by atoms with Crippen molar-refractivity contribution >= 4 is 5.97 Å². The number of esters is 1. The molecule has 0 amide bonds. The fraction of sp³-hybridized carbons (Fsp3) is 0.925. The largest absolute Gasteiger partial charge is 0.462 e. The van der Waals surface area contributed by atoms with E-state index >= 15 is 0 Å². The van der Waals surface area contributed by atoms with Crippen LogP contribution < -0.4 is 0 Å². The van der Waals surface area contributed by atoms with Crippen LogP contribution in [0.3, 0.4) is 0 Å². The Kier molecular flexibility index (Phi) is 17.9. The van der Waals surface area contributed by atoms with Crippen LogP contribution in [0.1, 0.15) is 175 Å². The minimum atomic E-state index is -0.239. The molecule has 0 bridgehead atoms. The molecular weight excluding hydrogens is 528 g/mol. The third kappa shape index (κ3) is 13.6. The number of hydrogen-bond donors (Lipinski definition) is 1. The molecule has 4 aliphatic carbocycles. The lowest BCUT2D eigenvalue weighted by molar-refractivity contribution is -0.139. The van der Waals surface area contributed by atoms with Gasteiger partial charge in [-0.15, -0.1) is 0 Å². The van der Waals surface area contributed by atoms with Gasteiger partial charge >= 0.3 is 5.97 Å². The van der Waals surface area contributed by atoms with E-state index in [1.807, 2.05) is 0 Å². The molecule has 0 heterocycles. The zero-order valence-corrected chi connectivity index (χ0v) is 29.0. The van der Waals surface area contributed by atoms with Crippen LogP contribution in [0.25, 0.3) is 0 Å². The normalized spacial score (nSPS) is 33.2. The van der Waals surface area contributed by atoms with E-state index in [1.54, 1.807) is 6.92 Å². The highest BCUT2D eigenvalue weighted by molar-refractivity contribution is 5.86. The van der Waals surface area contributed by atoms with E-state index in [2.05, 4.69) is 20.4 Å². The van der Waals surface area contributed by atoms with Crippen molar-refractivity contribution in [2.45, 2.75) is 175 Å². The summed E-state index contributed by atoms with van der Waals surface area (Å²) in [5.74, 6) is 7.78. The number of aliphatic hydroxyl groups is 1. The van der Waals surface area contributed by atoms with E-state index in [9.17, 15) is 4.79 Å². The Bertz CT molecular complexity index is 729. The number of aliphatic hydroxyl groups excluding tert-OH is 1. The summed E-state index contributed by atoms with van der Waals surface area (Å²) in [5, 5.41) is 8.92. The van der Waals surface area contributed by atoms with Gasteiger partial charge in [-0.05, 0) is 131 Å². The quantitative estimate of drug-likeness (QED) is 0.123. The average molecular weight is 601 g/mol. The highest BCUT2D eigenvalue weighted by atomic mass is 16.5. The fourth-order valence-corrected chi connectivity index (χ4v) is 9.65. The second kappa shape index (κ2) is 21.1. The van der Waals surface area contributed by atoms with Crippen LogP contribution in [0.15, 0.2) is 12.2 Å². The molecule has 0 saturated heterocycles. The van der Waals surface area contributed by atoms with Gasteiger partial charge in [0.15, 0.2) is 0 Å². The Morgan fingerprint density at radius 3 is 1.21 bits per heavy atom. The van der Waals surface area contributed by atoms with Crippen LogP contribution in [0.2, 0.25) is 0 Å². The second-order valence-corrected chi connectivity index (χ2v) is 15.6. The Morgan fingerprint density at radius 2 is 0.907 bits per heavy atom. The number of ether oxygens (including phenoxy) is 1. The molecule has 4 rings (SSSR count). The van der Waals surface area contributed by atoms with Gasteiger partial charge in [-0.1, -0.05) is 97.5 Å². The van der Waals surface area contributed by atoms with Crippen LogP contribution in [0.5, 0.6) is 0 Å². The molecule has 0 radical (unpaired) electrons. The van der Waals surface area contributed by atoms with Gasteiger partial charge in [0.25, 0.3) is 0 Å². The van der Waals surface area contributed by atoms with Crippen LogP contribution in [-0.4, -0.2) is 24.3 Å². The molecule has 4 aliphatic rings. The van der Waals surface area contributed by atoms with E-state index in [0.29, 0.717) is 18.8 Å². The van der Waals surface area contributed by atoms with E-state index in [-0.39, 0.29) is 5.97 Å². The van der Waals surface area contributed by atoms with Crippen molar-refractivity contribution in [1.29, 1.82) is 0 Å². The Hall–Kier alpha value is -0.830. The molecule has 4 saturated carbocycles. The summed E-state index contributed by atoms with van der Waals surface area (Å²) < 4.78 is 5.20. The summed E-state index contributed by atoms with van der Waals surface area (Å²) in [5.41, 5.74) is 0.504. The van der Waals surface area contributed by atoms with Gasteiger partial charge in [-0.25, -0.2) is 4.79 Å². The molecule has 0 aromatic carbocycles. The molecule has 0 atom stereocenters. The zero-order chi connectivity index (χ0) is 30.9. The Labute approximate surface area is 267 Å². The van der Waals surface area contributed by atoms with Crippen LogP contribution >= 0.6 is 0 Å². The van der Waals surface area contributed by atoms with Crippen molar-refractivity contribution in [3.8, 4) is 0 Å². The van der Waals surface area contributed by atoms with Crippen molar-refractivity contribution in [3.05, 3.63) is 12.2 Å². The standard InChI is InChI=1S/C22H38O2.C18H34O/c1-4-6-18-8-12-20(13-9-18)21-14-10-19(11-15-21)7-5-16-24-22(23)17(2)3;1-2-4-15-6-10-17(11-7-15)18-12-8-16(9-13-18)5-3-14-19/h18-21H,2,4-16H2,1,3H3;15-19H,2-14H2,1H3. The molecule has 0 aromatic heterocycles. The lowest BCUT2D eigenvalue weighted by Crippen LogP contribution is -2.26. The minimum absolute atomic E-state index is 0.239. The van der Waals surface area contributed by atoms with Gasteiger partial charge < -0.3 is 9.84 Å². The van der Waals surface area contributed by atoms with Crippen LogP contribution in [0, 0.1) is 47.3 Å². The first-order valence-electron chi connectivity index (χ1n) is 19.4. The second-order valence-electron chi connectivity index (χ2n) is 15.6. The van der Waals surface area contributed by atoms with E-state index in [0.717, 1.165) is 60.2 Å². The molecule has 43 heavy (non-hydrogen) atoms. The summed E-state index contributed by atoms with van der Waals surface area (Å²) >= 11 is 0. The average Bonchev–Trinajstić information content (AvgIpc) is 3.04. The van der Waals surface area contributed by atoms with E-state index in [4.69, 9.17) is 9.84 Å². The number of carbonyl (C=O) groups excluding carboxylic acids is 1. The first-order valence-corrected chi connectivity index (χ1v) is 19.4. The van der Waals surface area contributed by atoms with Gasteiger partial charge in [0.2, 0.25) is 0 Å². The van der Waals surface area contributed by atoms with Gasteiger partial charge in [-0.2, -0.15) is 0 Å². The maximum Gasteiger partial charge on any atom is 0.333 e. The predicted octanol–water partition coefficient (Wildman–Crippen LogP) is 11.5. The van der Waals surface area contributed by atoms with Gasteiger partial charge in [0, 0.05) is 12.2 Å². The number of rotatable bonds is 14. The summed E-state index contributed by atoms with van der Waals surface area (Å²) in [4.78, 5) is 11.4. The number of carbonyl (C=O) groups is 1. The van der Waals surface area contributed by atoms with E-state index < -0.39 is 0 Å². The molecule has 3 nitrogen and oxygen atoms in total. The molecule has 0 aromatic rings. The monoisotopic (exact) mass is 601 g/mol. The maximum absolute atomic E-state index is 11.4. The number of hydrogen-bond acceptors (Lipinski definition) is 3. The van der Waals surface area contributed by atoms with Crippen molar-refractivity contribution < 1.29 is 14.6 Å². The smallest absolute Gasteiger partial charge is 0.333 e. The van der Waals surface area contributed by atoms with Crippen LogP contribution in [-0.2, 0) is 9.53 Å². The molecule has 4 fully saturated rings. The lowest BCUT2D eigenvalue weighted by atomic mass is 9.68. The lowest BCUT2D eigenvalue weighted by Gasteiger charge is -2.38. The first-order chi connectivity index (χ1) is 20.9. The predicted molar refractivity (Wildman–Crippen MR) is 183 cm³/mol. The molecular formula is C40H72O3. The van der Waals surface area contributed by atoms with Crippen molar-refractivity contribution in [3.63, 3.8) is 0 Å². The Balaban J connectivity index is 0.000000242. The summed E-state index contributed by atoms with van der Waals surface area (Å²) in [6.45, 7) is 10.9. The minimum Gasteiger partial charge on any atom is -0.462 e. The van der Waals surface area contributed by atoms with Crippen molar-refractivity contribution in [2.24, 2.45) is 47.3 Å². The summed E-state index contributed by atoms with van der Waals surface area (Å²) in [6, 6.07) is 0. The van der Waals surface area contributed by atoms with E-state index in [1.165, 1.54) is 141 Å². The molecule has 250 valence electrons. The van der Waals surface area contributed by atoms with Gasteiger partial charge in [0.05, 0.1) is 6.61 Å². The van der Waals surface area contributed by atoms with Crippen molar-refractivity contribution in [2.75, 3.05) is 13.2 Å². The maximum atomic E-state index is 11.4. The van der Waals surface area contributed by atoms with Gasteiger partial charge in [-0.3, -0.25) is 0 Å². The molecule has 0 aliphatic heterocycles. The molecule has 1 N–H and O–H groups in total. The summed E-state index contributed by atoms with van der Waals surface area (Å²) in [6.07, 6.45) is 33.8. The molecule has 0 spiro atoms. The third-order valence-corrected chi connectivity index (χ3v) is 12.4. The Morgan fingerprint density at radius 1 is 0.581 bits per heavy atom. The fourth-order valence-electron chi connectivity index (χ4n) is 9.65. The highest BCUT2D eigenvalue weighted by Gasteiger charge is 2.31. The van der Waals surface area contributed by atoms with Crippen LogP contribution in [0.4, 0.5) is 0 Å². The first kappa shape index (κ1) is 36.6. The molecule has 0 unspecified atom stereocenters. The molecule has 3 heteroatoms.